The second-order valence-electron chi connectivity index (χ2n) is 12.8. The number of nitrogens with zero attached hydrogens (tertiary/aromatic N) is 3. The quantitative estimate of drug-likeness (QED) is 0.186. The van der Waals surface area contributed by atoms with E-state index in [1.54, 1.807) is 11.3 Å². The van der Waals surface area contributed by atoms with Gasteiger partial charge in [0, 0.05) is 58.4 Å². The summed E-state index contributed by atoms with van der Waals surface area (Å²) in [5, 5.41) is 6.49. The van der Waals surface area contributed by atoms with E-state index in [1.165, 1.54) is 14.8 Å². The van der Waals surface area contributed by atoms with E-state index in [-0.39, 0.29) is 0 Å². The first kappa shape index (κ1) is 28.2. The number of hydrogen-bond acceptors (Lipinski definition) is 6. The molecule has 0 unspecified atom stereocenters. The van der Waals surface area contributed by atoms with E-state index in [0.29, 0.717) is 17.5 Å². The van der Waals surface area contributed by atoms with Crippen molar-refractivity contribution >= 4 is 75.4 Å². The summed E-state index contributed by atoms with van der Waals surface area (Å²) in [6.07, 6.45) is 0. The van der Waals surface area contributed by atoms with Crippen LogP contribution >= 0.6 is 11.3 Å². The monoisotopic (exact) mass is 671 g/mol. The van der Waals surface area contributed by atoms with Crippen LogP contribution in [0.5, 0.6) is 0 Å². The van der Waals surface area contributed by atoms with Crippen molar-refractivity contribution in [1.29, 1.82) is 0 Å². The van der Waals surface area contributed by atoms with E-state index in [0.717, 1.165) is 77.1 Å². The highest BCUT2D eigenvalue weighted by molar-refractivity contribution is 7.25. The zero-order valence-corrected chi connectivity index (χ0v) is 27.8. The largest absolute Gasteiger partial charge is 0.456 e. The highest BCUT2D eigenvalue weighted by Crippen LogP contribution is 2.43. The van der Waals surface area contributed by atoms with E-state index < -0.39 is 0 Å². The van der Waals surface area contributed by atoms with Gasteiger partial charge in [-0.3, -0.25) is 0 Å². The van der Waals surface area contributed by atoms with Crippen LogP contribution in [-0.4, -0.2) is 15.0 Å². The summed E-state index contributed by atoms with van der Waals surface area (Å²) in [7, 11) is 0. The van der Waals surface area contributed by atoms with Crippen molar-refractivity contribution in [2.45, 2.75) is 0 Å². The maximum atomic E-state index is 6.56. The minimum absolute atomic E-state index is 0.587. The molecule has 4 heterocycles. The Balaban J connectivity index is 1.21. The van der Waals surface area contributed by atoms with Crippen molar-refractivity contribution in [2.75, 3.05) is 0 Å². The lowest BCUT2D eigenvalue weighted by Gasteiger charge is -2.12. The maximum Gasteiger partial charge on any atom is 0.164 e. The van der Waals surface area contributed by atoms with Crippen LogP contribution in [0, 0.1) is 0 Å². The highest BCUT2D eigenvalue weighted by atomic mass is 32.1. The Bertz CT molecular complexity index is 3160. The molecule has 0 bridgehead atoms. The normalized spacial score (nSPS) is 11.9. The predicted octanol–water partition coefficient (Wildman–Crippen LogP) is 12.7. The fourth-order valence-electron chi connectivity index (χ4n) is 7.40. The van der Waals surface area contributed by atoms with Gasteiger partial charge in [0.05, 0.1) is 0 Å². The number of thiophene rings is 1. The molecule has 0 aliphatic rings. The maximum absolute atomic E-state index is 6.56. The number of benzene rings is 7. The van der Waals surface area contributed by atoms with Gasteiger partial charge in [0.25, 0.3) is 0 Å². The summed E-state index contributed by atoms with van der Waals surface area (Å²) in [5.41, 5.74) is 8.14. The number of furan rings is 2. The molecule has 0 saturated heterocycles. The van der Waals surface area contributed by atoms with Gasteiger partial charge in [-0.2, -0.15) is 0 Å². The number of hydrogen-bond donors (Lipinski definition) is 0. The molecule has 0 radical (unpaired) electrons. The summed E-state index contributed by atoms with van der Waals surface area (Å²) >= 11 is 1.79. The standard InChI is InChI=1S/C45H25N3O2S/c1-2-11-26(12-3-1)43-46-44(32-16-10-20-40-42(32)31-15-6-9-19-39(31)51-40)48-45(47-43)34-24-28(25-38-41(34)30-14-5-8-18-36(30)50-38)27-21-22-37-33(23-27)29-13-4-7-17-35(29)49-37/h1-25H. The third-order valence-corrected chi connectivity index (χ3v) is 10.9. The second kappa shape index (κ2) is 10.9. The molecule has 0 fully saturated rings. The smallest absolute Gasteiger partial charge is 0.164 e. The molecule has 51 heavy (non-hydrogen) atoms. The van der Waals surface area contributed by atoms with Crippen molar-refractivity contribution in [1.82, 2.24) is 15.0 Å². The average molecular weight is 672 g/mol. The van der Waals surface area contributed by atoms with Crippen LogP contribution in [0.3, 0.4) is 0 Å². The van der Waals surface area contributed by atoms with E-state index in [2.05, 4.69) is 78.9 Å². The molecule has 0 amide bonds. The van der Waals surface area contributed by atoms with Gasteiger partial charge >= 0.3 is 0 Å². The molecule has 7 aromatic carbocycles. The molecule has 0 atom stereocenters. The summed E-state index contributed by atoms with van der Waals surface area (Å²) in [5.74, 6) is 1.83. The van der Waals surface area contributed by atoms with Crippen molar-refractivity contribution in [3.63, 3.8) is 0 Å². The Hall–Kier alpha value is -6.63. The van der Waals surface area contributed by atoms with Crippen LogP contribution in [0.25, 0.3) is 109 Å². The van der Waals surface area contributed by atoms with Crippen LogP contribution in [0.15, 0.2) is 160 Å². The van der Waals surface area contributed by atoms with Crippen molar-refractivity contribution in [2.24, 2.45) is 0 Å². The van der Waals surface area contributed by atoms with Crippen LogP contribution in [-0.2, 0) is 0 Å². The molecule has 238 valence electrons. The van der Waals surface area contributed by atoms with E-state index >= 15 is 0 Å². The summed E-state index contributed by atoms with van der Waals surface area (Å²) in [6.45, 7) is 0. The molecule has 5 nitrogen and oxygen atoms in total. The van der Waals surface area contributed by atoms with Crippen LogP contribution < -0.4 is 0 Å². The summed E-state index contributed by atoms with van der Waals surface area (Å²) in [4.78, 5) is 15.7. The average Bonchev–Trinajstić information content (AvgIpc) is 3.88. The SMILES string of the molecule is c1ccc(-c2nc(-c3cc(-c4ccc5oc6ccccc6c5c4)cc4oc5ccccc5c34)nc(-c3cccc4sc5ccccc5c34)n2)cc1. The second-order valence-corrected chi connectivity index (χ2v) is 13.8. The Labute approximate surface area is 295 Å². The van der Waals surface area contributed by atoms with Gasteiger partial charge in [-0.15, -0.1) is 11.3 Å². The molecule has 11 rings (SSSR count). The molecule has 0 N–H and O–H groups in total. The molecular formula is C45H25N3O2S. The van der Waals surface area contributed by atoms with E-state index in [1.807, 2.05) is 72.8 Å². The van der Waals surface area contributed by atoms with Gasteiger partial charge in [-0.05, 0) is 59.7 Å². The molecule has 0 spiro atoms. The topological polar surface area (TPSA) is 65.0 Å². The number of rotatable bonds is 4. The van der Waals surface area contributed by atoms with Crippen LogP contribution in [0.1, 0.15) is 0 Å². The third kappa shape index (κ3) is 4.43. The minimum atomic E-state index is 0.587. The Kier molecular flexibility index (Phi) is 6.05. The van der Waals surface area contributed by atoms with Crippen LogP contribution in [0.4, 0.5) is 0 Å². The zero-order valence-electron chi connectivity index (χ0n) is 27.0. The molecule has 0 aliphatic carbocycles. The van der Waals surface area contributed by atoms with Gasteiger partial charge in [0.1, 0.15) is 22.3 Å². The van der Waals surface area contributed by atoms with Gasteiger partial charge < -0.3 is 8.83 Å². The Morgan fingerprint density at radius 1 is 0.353 bits per heavy atom. The number of para-hydroxylation sites is 2. The Morgan fingerprint density at radius 2 is 1.00 bits per heavy atom. The van der Waals surface area contributed by atoms with E-state index in [4.69, 9.17) is 23.8 Å². The molecule has 6 heteroatoms. The predicted molar refractivity (Wildman–Crippen MR) is 209 cm³/mol. The first-order chi connectivity index (χ1) is 25.2. The highest BCUT2D eigenvalue weighted by Gasteiger charge is 2.21. The van der Waals surface area contributed by atoms with Gasteiger partial charge in [0.2, 0.25) is 0 Å². The molecule has 4 aromatic heterocycles. The van der Waals surface area contributed by atoms with Crippen molar-refractivity contribution < 1.29 is 8.83 Å². The van der Waals surface area contributed by atoms with E-state index in [9.17, 15) is 0 Å². The first-order valence-corrected chi connectivity index (χ1v) is 17.7. The first-order valence-electron chi connectivity index (χ1n) is 16.8. The van der Waals surface area contributed by atoms with Gasteiger partial charge in [-0.1, -0.05) is 103 Å². The van der Waals surface area contributed by atoms with Gasteiger partial charge in [-0.25, -0.2) is 15.0 Å². The Morgan fingerprint density at radius 3 is 1.86 bits per heavy atom. The molecule has 11 aromatic rings. The summed E-state index contributed by atoms with van der Waals surface area (Å²) in [6, 6.07) is 52.1. The van der Waals surface area contributed by atoms with Crippen LogP contribution in [0.2, 0.25) is 0 Å². The van der Waals surface area contributed by atoms with Gasteiger partial charge in [0.15, 0.2) is 17.5 Å². The summed E-state index contributed by atoms with van der Waals surface area (Å²) < 4.78 is 15.2. The third-order valence-electron chi connectivity index (χ3n) is 9.74. The fourth-order valence-corrected chi connectivity index (χ4v) is 8.53. The van der Waals surface area contributed by atoms with Crippen molar-refractivity contribution in [3.05, 3.63) is 152 Å². The number of fused-ring (bicyclic) bond motifs is 9. The molecular weight excluding hydrogens is 647 g/mol. The lowest BCUT2D eigenvalue weighted by Crippen LogP contribution is -2.01. The minimum Gasteiger partial charge on any atom is -0.456 e. The molecule has 0 aliphatic heterocycles. The molecule has 0 saturated carbocycles. The van der Waals surface area contributed by atoms with Crippen molar-refractivity contribution in [3.8, 4) is 45.3 Å². The number of aromatic nitrogens is 3. The fraction of sp³-hybridized carbons (Fsp3) is 0. The lowest BCUT2D eigenvalue weighted by atomic mass is 9.97. The lowest BCUT2D eigenvalue weighted by molar-refractivity contribution is 0.669. The zero-order chi connectivity index (χ0) is 33.5.